The van der Waals surface area contributed by atoms with Gasteiger partial charge in [-0.05, 0) is 34.9 Å². The molecule has 48 heavy (non-hydrogen) atoms. The molecule has 0 aliphatic rings. The standard InChI is InChI=1S/C45H33N3/c1-4-16-31(17-5-1)28-46-37-25-13-10-22-34(37)40-43(46)41-35-23-11-14-26-38(35)47(29-32-18-6-2-7-19-32)45(41)42-36-24-12-15-27-39(36)48(44(40)42)30-33-20-8-3-9-21-33/h1-27H,28-30H2. The SMILES string of the molecule is c1ccc(Cn2c3ccccc3c3c2c2c4ccccc4n(Cc4ccccc4)c2c2c4ccccc4n(Cc4ccccc4)c32)cc1. The average Bonchev–Trinajstić information content (AvgIpc) is 3.76. The van der Waals surface area contributed by atoms with Crippen LogP contribution in [0.15, 0.2) is 164 Å². The summed E-state index contributed by atoms with van der Waals surface area (Å²) in [7, 11) is 0. The zero-order valence-electron chi connectivity index (χ0n) is 26.6. The predicted octanol–water partition coefficient (Wildman–Crippen LogP) is 11.2. The molecule has 0 amide bonds. The summed E-state index contributed by atoms with van der Waals surface area (Å²) >= 11 is 0. The van der Waals surface area contributed by atoms with E-state index < -0.39 is 0 Å². The number of aromatic nitrogens is 3. The first-order valence-electron chi connectivity index (χ1n) is 16.8. The van der Waals surface area contributed by atoms with Gasteiger partial charge in [0.2, 0.25) is 0 Å². The summed E-state index contributed by atoms with van der Waals surface area (Å²) in [4.78, 5) is 0. The summed E-state index contributed by atoms with van der Waals surface area (Å²) < 4.78 is 7.77. The minimum Gasteiger partial charge on any atom is -0.335 e. The highest BCUT2D eigenvalue weighted by Gasteiger charge is 2.27. The molecule has 3 aromatic heterocycles. The molecule has 3 heterocycles. The van der Waals surface area contributed by atoms with E-state index in [1.807, 2.05) is 0 Å². The summed E-state index contributed by atoms with van der Waals surface area (Å²) in [6, 6.07) is 59.8. The van der Waals surface area contributed by atoms with E-state index in [-0.39, 0.29) is 0 Å². The Hall–Kier alpha value is -6.06. The van der Waals surface area contributed by atoms with Gasteiger partial charge in [-0.15, -0.1) is 0 Å². The molecule has 0 saturated carbocycles. The van der Waals surface area contributed by atoms with Crippen LogP contribution in [0.4, 0.5) is 0 Å². The largest absolute Gasteiger partial charge is 0.335 e. The molecule has 228 valence electrons. The molecule has 0 saturated heterocycles. The second kappa shape index (κ2) is 10.8. The maximum Gasteiger partial charge on any atom is 0.0617 e. The van der Waals surface area contributed by atoms with Crippen molar-refractivity contribution in [3.05, 3.63) is 180 Å². The molecule has 0 spiro atoms. The van der Waals surface area contributed by atoms with Gasteiger partial charge in [0.15, 0.2) is 0 Å². The van der Waals surface area contributed by atoms with Gasteiger partial charge >= 0.3 is 0 Å². The third-order valence-corrected chi connectivity index (χ3v) is 10.2. The van der Waals surface area contributed by atoms with Gasteiger partial charge in [-0.1, -0.05) is 146 Å². The van der Waals surface area contributed by atoms with Crippen LogP contribution in [0, 0.1) is 0 Å². The van der Waals surface area contributed by atoms with Crippen molar-refractivity contribution in [3.8, 4) is 0 Å². The van der Waals surface area contributed by atoms with Gasteiger partial charge in [0.1, 0.15) is 0 Å². The molecule has 7 aromatic carbocycles. The van der Waals surface area contributed by atoms with Crippen LogP contribution in [0.2, 0.25) is 0 Å². The molecule has 0 atom stereocenters. The van der Waals surface area contributed by atoms with Crippen molar-refractivity contribution in [3.63, 3.8) is 0 Å². The summed E-state index contributed by atoms with van der Waals surface area (Å²) in [5.41, 5.74) is 11.6. The van der Waals surface area contributed by atoms with Gasteiger partial charge in [-0.25, -0.2) is 0 Å². The Morgan fingerprint density at radius 1 is 0.271 bits per heavy atom. The van der Waals surface area contributed by atoms with Crippen LogP contribution in [0.25, 0.3) is 65.4 Å². The van der Waals surface area contributed by atoms with E-state index in [1.54, 1.807) is 0 Å². The summed E-state index contributed by atoms with van der Waals surface area (Å²) in [5.74, 6) is 0. The fourth-order valence-corrected chi connectivity index (χ4v) is 8.20. The second-order valence-corrected chi connectivity index (χ2v) is 12.9. The van der Waals surface area contributed by atoms with Crippen molar-refractivity contribution < 1.29 is 0 Å². The molecule has 0 aliphatic heterocycles. The molecule has 0 bridgehead atoms. The van der Waals surface area contributed by atoms with E-state index in [4.69, 9.17) is 0 Å². The van der Waals surface area contributed by atoms with Crippen molar-refractivity contribution in [1.82, 2.24) is 13.7 Å². The molecular weight excluding hydrogens is 583 g/mol. The number of hydrogen-bond donors (Lipinski definition) is 0. The first kappa shape index (κ1) is 27.1. The number of benzene rings is 7. The van der Waals surface area contributed by atoms with Crippen molar-refractivity contribution in [2.24, 2.45) is 0 Å². The van der Waals surface area contributed by atoms with Crippen LogP contribution in [0.5, 0.6) is 0 Å². The Morgan fingerprint density at radius 2 is 0.521 bits per heavy atom. The zero-order valence-corrected chi connectivity index (χ0v) is 26.6. The summed E-state index contributed by atoms with van der Waals surface area (Å²) in [6.45, 7) is 2.38. The highest BCUT2D eigenvalue weighted by atomic mass is 15.0. The fourth-order valence-electron chi connectivity index (χ4n) is 8.20. The monoisotopic (exact) mass is 615 g/mol. The Kier molecular flexibility index (Phi) is 6.07. The highest BCUT2D eigenvalue weighted by Crippen LogP contribution is 2.48. The number of rotatable bonds is 6. The molecular formula is C45H33N3. The first-order valence-corrected chi connectivity index (χ1v) is 16.8. The molecule has 0 fully saturated rings. The molecule has 3 nitrogen and oxygen atoms in total. The number of nitrogens with zero attached hydrogens (tertiary/aromatic N) is 3. The number of para-hydroxylation sites is 3. The average molecular weight is 616 g/mol. The number of hydrogen-bond acceptors (Lipinski definition) is 0. The van der Waals surface area contributed by atoms with E-state index in [2.05, 4.69) is 177 Å². The van der Waals surface area contributed by atoms with E-state index >= 15 is 0 Å². The van der Waals surface area contributed by atoms with Crippen molar-refractivity contribution in [2.45, 2.75) is 19.6 Å². The first-order chi connectivity index (χ1) is 23.8. The lowest BCUT2D eigenvalue weighted by atomic mass is 10.0. The summed E-state index contributed by atoms with van der Waals surface area (Å²) in [6.07, 6.45) is 0. The van der Waals surface area contributed by atoms with E-state index in [1.165, 1.54) is 82.1 Å². The normalized spacial score (nSPS) is 12.0. The van der Waals surface area contributed by atoms with Crippen LogP contribution >= 0.6 is 0 Å². The van der Waals surface area contributed by atoms with E-state index in [9.17, 15) is 0 Å². The third-order valence-electron chi connectivity index (χ3n) is 10.2. The second-order valence-electron chi connectivity index (χ2n) is 12.9. The lowest BCUT2D eigenvalue weighted by Gasteiger charge is -2.13. The molecule has 0 aliphatic carbocycles. The minimum atomic E-state index is 0.794. The molecule has 3 heteroatoms. The lowest BCUT2D eigenvalue weighted by molar-refractivity contribution is 0.862. The molecule has 0 N–H and O–H groups in total. The minimum absolute atomic E-state index is 0.794. The fraction of sp³-hybridized carbons (Fsp3) is 0.0667. The number of fused-ring (bicyclic) bond motifs is 12. The smallest absolute Gasteiger partial charge is 0.0617 e. The van der Waals surface area contributed by atoms with Gasteiger partial charge in [0.25, 0.3) is 0 Å². The van der Waals surface area contributed by atoms with Gasteiger partial charge in [0, 0.05) is 68.5 Å². The quantitative estimate of drug-likeness (QED) is 0.177. The van der Waals surface area contributed by atoms with Crippen LogP contribution in [0.3, 0.4) is 0 Å². The lowest BCUT2D eigenvalue weighted by Crippen LogP contribution is -2.03. The Labute approximate surface area is 278 Å². The van der Waals surface area contributed by atoms with Gasteiger partial charge in [-0.2, -0.15) is 0 Å². The van der Waals surface area contributed by atoms with Crippen LogP contribution < -0.4 is 0 Å². The van der Waals surface area contributed by atoms with Crippen molar-refractivity contribution in [2.75, 3.05) is 0 Å². The van der Waals surface area contributed by atoms with Crippen molar-refractivity contribution in [1.29, 1.82) is 0 Å². The van der Waals surface area contributed by atoms with Crippen LogP contribution in [-0.2, 0) is 19.6 Å². The highest BCUT2D eigenvalue weighted by molar-refractivity contribution is 6.39. The third kappa shape index (κ3) is 4.01. The summed E-state index contributed by atoms with van der Waals surface area (Å²) in [5, 5.41) is 7.89. The zero-order chi connectivity index (χ0) is 31.6. The van der Waals surface area contributed by atoms with E-state index in [0.717, 1.165) is 19.6 Å². The van der Waals surface area contributed by atoms with Crippen molar-refractivity contribution >= 4 is 65.4 Å². The van der Waals surface area contributed by atoms with E-state index in [0.29, 0.717) is 0 Å². The van der Waals surface area contributed by atoms with Gasteiger partial charge in [0.05, 0.1) is 16.6 Å². The van der Waals surface area contributed by atoms with Crippen LogP contribution in [0.1, 0.15) is 16.7 Å². The Morgan fingerprint density at radius 3 is 0.812 bits per heavy atom. The molecule has 10 aromatic rings. The van der Waals surface area contributed by atoms with Gasteiger partial charge < -0.3 is 13.7 Å². The molecule has 10 rings (SSSR count). The maximum atomic E-state index is 2.59. The molecule has 0 unspecified atom stereocenters. The molecule has 0 radical (unpaired) electrons. The van der Waals surface area contributed by atoms with Gasteiger partial charge in [-0.3, -0.25) is 0 Å². The predicted molar refractivity (Wildman–Crippen MR) is 202 cm³/mol. The maximum absolute atomic E-state index is 2.59. The van der Waals surface area contributed by atoms with Crippen LogP contribution in [-0.4, -0.2) is 13.7 Å². The topological polar surface area (TPSA) is 14.8 Å². The Balaban J connectivity index is 1.48. The Bertz CT molecular complexity index is 2440.